The van der Waals surface area contributed by atoms with Crippen molar-refractivity contribution in [3.05, 3.63) is 76.4 Å². The Labute approximate surface area is 253 Å². The summed E-state index contributed by atoms with van der Waals surface area (Å²) in [5.74, 6) is -0.223. The number of aromatic nitrogens is 1. The van der Waals surface area contributed by atoms with Crippen molar-refractivity contribution in [2.75, 3.05) is 56.6 Å². The van der Waals surface area contributed by atoms with Gasteiger partial charge in [0.25, 0.3) is 5.91 Å². The number of hydrogen-bond donors (Lipinski definition) is 3. The zero-order valence-corrected chi connectivity index (χ0v) is 24.9. The Kier molecular flexibility index (Phi) is 10.5. The maximum absolute atomic E-state index is 13.4. The number of amides is 1. The van der Waals surface area contributed by atoms with Gasteiger partial charge in [0, 0.05) is 44.4 Å². The minimum atomic E-state index is -4.59. The second-order valence-electron chi connectivity index (χ2n) is 9.76. The predicted octanol–water partition coefficient (Wildman–Crippen LogP) is 3.96. The van der Waals surface area contributed by atoms with E-state index in [1.54, 1.807) is 23.1 Å². The first-order valence-electron chi connectivity index (χ1n) is 13.4. The molecule has 4 N–H and O–H groups in total. The lowest BCUT2D eigenvalue weighted by Crippen LogP contribution is -2.49. The first-order valence-corrected chi connectivity index (χ1v) is 15.2. The lowest BCUT2D eigenvalue weighted by molar-refractivity contribution is -0.137. The quantitative estimate of drug-likeness (QED) is 0.212. The standard InChI is InChI=1S/C28H32ClF3N6O4S/c1-42-24-17-22(6-7-23(24)35-27(39)20-5-2-4-19(14-20)18-34-9-3-8-33)43(40,41)38-12-10-37(11-13-38)26-16-21(28(30,31)32)15-25(29)36-26/h2,4-7,14-17,34H,3,8-13,18,33H2,1H3,(H,35,39). The van der Waals surface area contributed by atoms with Crippen molar-refractivity contribution in [2.24, 2.45) is 5.73 Å². The van der Waals surface area contributed by atoms with Crippen LogP contribution in [0.4, 0.5) is 24.7 Å². The molecule has 2 heterocycles. The third-order valence-corrected chi connectivity index (χ3v) is 8.89. The van der Waals surface area contributed by atoms with Gasteiger partial charge in [0.1, 0.15) is 16.7 Å². The van der Waals surface area contributed by atoms with E-state index in [2.05, 4.69) is 15.6 Å². The molecule has 43 heavy (non-hydrogen) atoms. The first-order chi connectivity index (χ1) is 20.4. The number of carbonyl (C=O) groups excluding carboxylic acids is 1. The number of nitrogens with one attached hydrogen (secondary N) is 2. The predicted molar refractivity (Wildman–Crippen MR) is 158 cm³/mol. The van der Waals surface area contributed by atoms with Gasteiger partial charge in [-0.05, 0) is 61.5 Å². The Morgan fingerprint density at radius 1 is 1.09 bits per heavy atom. The lowest BCUT2D eigenvalue weighted by atomic mass is 10.1. The molecule has 15 heteroatoms. The highest BCUT2D eigenvalue weighted by Crippen LogP contribution is 2.34. The Balaban J connectivity index is 1.43. The van der Waals surface area contributed by atoms with Gasteiger partial charge in [-0.25, -0.2) is 13.4 Å². The maximum atomic E-state index is 13.4. The van der Waals surface area contributed by atoms with Crippen LogP contribution >= 0.6 is 11.6 Å². The average molecular weight is 641 g/mol. The smallest absolute Gasteiger partial charge is 0.416 e. The molecule has 0 atom stereocenters. The third-order valence-electron chi connectivity index (χ3n) is 6.81. The van der Waals surface area contributed by atoms with Gasteiger partial charge in [-0.3, -0.25) is 4.79 Å². The molecule has 1 aliphatic rings. The van der Waals surface area contributed by atoms with Crippen molar-refractivity contribution in [2.45, 2.75) is 24.0 Å². The Morgan fingerprint density at radius 2 is 1.84 bits per heavy atom. The van der Waals surface area contributed by atoms with E-state index in [0.717, 1.165) is 30.7 Å². The van der Waals surface area contributed by atoms with E-state index in [4.69, 9.17) is 22.1 Å². The van der Waals surface area contributed by atoms with E-state index in [9.17, 15) is 26.4 Å². The minimum absolute atomic E-state index is 0.0100. The van der Waals surface area contributed by atoms with E-state index in [-0.39, 0.29) is 53.5 Å². The number of hydrogen-bond acceptors (Lipinski definition) is 8. The molecule has 3 aromatic rings. The molecular formula is C28H32ClF3N6O4S. The number of sulfonamides is 1. The van der Waals surface area contributed by atoms with Crippen LogP contribution in [-0.2, 0) is 22.7 Å². The van der Waals surface area contributed by atoms with Crippen molar-refractivity contribution in [1.82, 2.24) is 14.6 Å². The normalized spacial score (nSPS) is 14.5. The van der Waals surface area contributed by atoms with Crippen LogP contribution in [0.1, 0.15) is 27.9 Å². The van der Waals surface area contributed by atoms with Crippen molar-refractivity contribution in [3.8, 4) is 5.75 Å². The molecule has 2 aromatic carbocycles. The molecule has 1 saturated heterocycles. The molecule has 0 aliphatic carbocycles. The average Bonchev–Trinajstić information content (AvgIpc) is 2.99. The Hall–Kier alpha value is -3.43. The summed E-state index contributed by atoms with van der Waals surface area (Å²) in [6.07, 6.45) is -3.75. The molecule has 232 valence electrons. The summed E-state index contributed by atoms with van der Waals surface area (Å²) in [5, 5.41) is 5.73. The van der Waals surface area contributed by atoms with Crippen LogP contribution in [0.3, 0.4) is 0 Å². The van der Waals surface area contributed by atoms with Crippen LogP contribution in [0.25, 0.3) is 0 Å². The third kappa shape index (κ3) is 8.15. The van der Waals surface area contributed by atoms with E-state index in [1.807, 2.05) is 6.07 Å². The molecule has 1 aromatic heterocycles. The fourth-order valence-corrected chi connectivity index (χ4v) is 6.17. The summed E-state index contributed by atoms with van der Waals surface area (Å²) in [4.78, 5) is 18.5. The van der Waals surface area contributed by atoms with Crippen LogP contribution in [0, 0.1) is 0 Å². The zero-order chi connectivity index (χ0) is 31.2. The van der Waals surface area contributed by atoms with Gasteiger partial charge in [-0.1, -0.05) is 23.7 Å². The number of benzene rings is 2. The summed E-state index contributed by atoms with van der Waals surface area (Å²) in [6, 6.07) is 12.9. The monoisotopic (exact) mass is 640 g/mol. The van der Waals surface area contributed by atoms with E-state index in [0.29, 0.717) is 18.7 Å². The fourth-order valence-electron chi connectivity index (χ4n) is 4.53. The SMILES string of the molecule is COc1cc(S(=O)(=O)N2CCN(c3cc(C(F)(F)F)cc(Cl)n3)CC2)ccc1NC(=O)c1cccc(CNCCCN)c1. The van der Waals surface area contributed by atoms with Gasteiger partial charge in [-0.15, -0.1) is 0 Å². The number of methoxy groups -OCH3 is 1. The molecule has 0 spiro atoms. The summed E-state index contributed by atoms with van der Waals surface area (Å²) in [7, 11) is -2.62. The number of halogens is 4. The maximum Gasteiger partial charge on any atom is 0.416 e. The van der Waals surface area contributed by atoms with Gasteiger partial charge in [0.2, 0.25) is 10.0 Å². The fraction of sp³-hybridized carbons (Fsp3) is 0.357. The topological polar surface area (TPSA) is 130 Å². The molecule has 1 amide bonds. The summed E-state index contributed by atoms with van der Waals surface area (Å²) in [6.45, 7) is 2.16. The molecule has 1 fully saturated rings. The largest absolute Gasteiger partial charge is 0.495 e. The Morgan fingerprint density at radius 3 is 2.51 bits per heavy atom. The van der Waals surface area contributed by atoms with Gasteiger partial charge < -0.3 is 26.0 Å². The van der Waals surface area contributed by atoms with Crippen molar-refractivity contribution in [1.29, 1.82) is 0 Å². The number of pyridine rings is 1. The van der Waals surface area contributed by atoms with Crippen molar-refractivity contribution < 1.29 is 31.1 Å². The number of nitrogens with zero attached hydrogens (tertiary/aromatic N) is 3. The zero-order valence-electron chi connectivity index (χ0n) is 23.3. The molecule has 0 radical (unpaired) electrons. The summed E-state index contributed by atoms with van der Waals surface area (Å²) >= 11 is 5.81. The molecule has 10 nitrogen and oxygen atoms in total. The van der Waals surface area contributed by atoms with Crippen molar-refractivity contribution in [3.63, 3.8) is 0 Å². The second kappa shape index (κ2) is 13.9. The molecular weight excluding hydrogens is 609 g/mol. The molecule has 0 unspecified atom stereocenters. The molecule has 0 bridgehead atoms. The van der Waals surface area contributed by atoms with Crippen LogP contribution < -0.4 is 26.0 Å². The highest BCUT2D eigenvalue weighted by molar-refractivity contribution is 7.89. The number of alkyl halides is 3. The highest BCUT2D eigenvalue weighted by atomic mass is 35.5. The van der Waals surface area contributed by atoms with Crippen LogP contribution in [0.2, 0.25) is 5.15 Å². The van der Waals surface area contributed by atoms with Crippen LogP contribution in [0.15, 0.2) is 59.5 Å². The van der Waals surface area contributed by atoms with Crippen LogP contribution in [-0.4, -0.2) is 70.0 Å². The summed E-state index contributed by atoms with van der Waals surface area (Å²) in [5.41, 5.74) is 6.21. The molecule has 4 rings (SSSR count). The van der Waals surface area contributed by atoms with Gasteiger partial charge in [0.05, 0.1) is 23.3 Å². The molecule has 1 aliphatic heterocycles. The first kappa shape index (κ1) is 32.5. The van der Waals surface area contributed by atoms with Gasteiger partial charge >= 0.3 is 6.18 Å². The van der Waals surface area contributed by atoms with E-state index in [1.165, 1.54) is 29.6 Å². The number of anilines is 2. The van der Waals surface area contributed by atoms with E-state index < -0.39 is 27.7 Å². The molecule has 0 saturated carbocycles. The van der Waals surface area contributed by atoms with Crippen molar-refractivity contribution >= 4 is 39.0 Å². The van der Waals surface area contributed by atoms with E-state index >= 15 is 0 Å². The number of carbonyl (C=O) groups is 1. The van der Waals surface area contributed by atoms with Gasteiger partial charge in [0.15, 0.2) is 0 Å². The number of rotatable bonds is 11. The number of nitrogens with two attached hydrogens (primary N) is 1. The minimum Gasteiger partial charge on any atom is -0.495 e. The lowest BCUT2D eigenvalue weighted by Gasteiger charge is -2.35. The summed E-state index contributed by atoms with van der Waals surface area (Å²) < 4.78 is 73.1. The number of ether oxygens (including phenoxy) is 1. The van der Waals surface area contributed by atoms with Gasteiger partial charge in [-0.2, -0.15) is 17.5 Å². The number of piperazine rings is 1. The highest BCUT2D eigenvalue weighted by Gasteiger charge is 2.34. The van der Waals surface area contributed by atoms with Crippen LogP contribution in [0.5, 0.6) is 5.75 Å². The Bertz CT molecular complexity index is 1550. The second-order valence-corrected chi connectivity index (χ2v) is 12.1.